The van der Waals surface area contributed by atoms with Crippen LogP contribution in [0, 0.1) is 5.41 Å². The van der Waals surface area contributed by atoms with Crippen LogP contribution in [0.4, 0.5) is 0 Å². The van der Waals surface area contributed by atoms with E-state index in [4.69, 9.17) is 4.74 Å². The minimum atomic E-state index is -0.790. The van der Waals surface area contributed by atoms with E-state index in [9.17, 15) is 20.1 Å². The molecule has 0 aliphatic heterocycles. The van der Waals surface area contributed by atoms with Gasteiger partial charge in [0.15, 0.2) is 11.5 Å². The van der Waals surface area contributed by atoms with Crippen molar-refractivity contribution in [3.63, 3.8) is 0 Å². The summed E-state index contributed by atoms with van der Waals surface area (Å²) in [5.41, 5.74) is 1.40. The predicted molar refractivity (Wildman–Crippen MR) is 121 cm³/mol. The van der Waals surface area contributed by atoms with Gasteiger partial charge in [0.1, 0.15) is 5.78 Å². The zero-order chi connectivity index (χ0) is 22.3. The van der Waals surface area contributed by atoms with E-state index in [0.29, 0.717) is 30.4 Å². The number of carbonyl (C=O) groups is 1. The van der Waals surface area contributed by atoms with Gasteiger partial charge in [0, 0.05) is 12.8 Å². The summed E-state index contributed by atoms with van der Waals surface area (Å²) in [6, 6.07) is 5.34. The van der Waals surface area contributed by atoms with Crippen molar-refractivity contribution in [2.45, 2.75) is 115 Å². The van der Waals surface area contributed by atoms with E-state index >= 15 is 0 Å². The molecule has 0 aromatic heterocycles. The third-order valence-corrected chi connectivity index (χ3v) is 7.20. The number of ketones is 1. The van der Waals surface area contributed by atoms with Crippen molar-refractivity contribution in [3.05, 3.63) is 23.8 Å². The average molecular weight is 433 g/mol. The number of aryl methyl sites for hydroxylation is 1. The Morgan fingerprint density at radius 1 is 1.16 bits per heavy atom. The molecule has 2 aliphatic carbocycles. The van der Waals surface area contributed by atoms with E-state index in [-0.39, 0.29) is 30.5 Å². The molecule has 3 atom stereocenters. The first kappa shape index (κ1) is 24.1. The molecule has 1 spiro atoms. The molecule has 0 heterocycles. The first-order chi connectivity index (χ1) is 14.9. The summed E-state index contributed by atoms with van der Waals surface area (Å²) in [5.74, 6) is 0.663. The zero-order valence-corrected chi connectivity index (χ0v) is 19.0. The molecule has 3 unspecified atom stereocenters. The number of carbonyl (C=O) groups excluding carboxylic acids is 1. The van der Waals surface area contributed by atoms with Crippen molar-refractivity contribution in [1.29, 1.82) is 0 Å². The summed E-state index contributed by atoms with van der Waals surface area (Å²) in [7, 11) is 0. The number of phenolic OH excluding ortho intramolecular Hbond substituents is 1. The van der Waals surface area contributed by atoms with Crippen LogP contribution in [0.3, 0.4) is 0 Å². The Balaban J connectivity index is 1.49. The second kappa shape index (κ2) is 11.3. The minimum absolute atomic E-state index is 0.0119. The minimum Gasteiger partial charge on any atom is -0.504 e. The standard InChI is InChI=1S/C26H40O5/c1-2-6-20(27)16-22(29)17-21(28)10-8-19-9-11-24(30)25(15-19)31-23-7-5-14-26(18-23)12-3-4-13-26/h9,11,15,20,22-23,27,29-30H,2-8,10,12-14,16-18H2,1H3. The number of Topliss-reactive ketones (excluding diaryl/α,β-unsaturated/α-hetero) is 1. The van der Waals surface area contributed by atoms with Gasteiger partial charge >= 0.3 is 0 Å². The number of hydrogen-bond acceptors (Lipinski definition) is 5. The fraction of sp³-hybridized carbons (Fsp3) is 0.731. The van der Waals surface area contributed by atoms with Gasteiger partial charge in [-0.3, -0.25) is 4.79 Å². The maximum Gasteiger partial charge on any atom is 0.161 e. The van der Waals surface area contributed by atoms with E-state index in [1.807, 2.05) is 19.1 Å². The molecule has 2 saturated carbocycles. The molecule has 0 amide bonds. The van der Waals surface area contributed by atoms with Gasteiger partial charge < -0.3 is 20.1 Å². The lowest BCUT2D eigenvalue weighted by Gasteiger charge is -2.38. The summed E-state index contributed by atoms with van der Waals surface area (Å²) in [5, 5.41) is 30.1. The molecule has 0 bridgehead atoms. The van der Waals surface area contributed by atoms with Crippen LogP contribution < -0.4 is 4.74 Å². The van der Waals surface area contributed by atoms with Gasteiger partial charge in [-0.1, -0.05) is 32.3 Å². The number of aromatic hydroxyl groups is 1. The topological polar surface area (TPSA) is 87.0 Å². The van der Waals surface area contributed by atoms with E-state index < -0.39 is 12.2 Å². The summed E-state index contributed by atoms with van der Waals surface area (Å²) in [6.45, 7) is 1.98. The lowest BCUT2D eigenvalue weighted by Crippen LogP contribution is -2.32. The van der Waals surface area contributed by atoms with Crippen molar-refractivity contribution in [2.75, 3.05) is 0 Å². The van der Waals surface area contributed by atoms with Gasteiger partial charge in [-0.05, 0) is 80.9 Å². The maximum absolute atomic E-state index is 12.3. The highest BCUT2D eigenvalue weighted by Gasteiger charge is 2.39. The van der Waals surface area contributed by atoms with Crippen molar-refractivity contribution in [2.24, 2.45) is 5.41 Å². The summed E-state index contributed by atoms with van der Waals surface area (Å²) >= 11 is 0. The van der Waals surface area contributed by atoms with Crippen LogP contribution in [0.5, 0.6) is 11.5 Å². The molecular formula is C26H40O5. The van der Waals surface area contributed by atoms with Crippen LogP contribution in [0.25, 0.3) is 0 Å². The molecule has 174 valence electrons. The third-order valence-electron chi connectivity index (χ3n) is 7.20. The van der Waals surface area contributed by atoms with Gasteiger partial charge in [-0.2, -0.15) is 0 Å². The molecule has 5 nitrogen and oxygen atoms in total. The van der Waals surface area contributed by atoms with Crippen LogP contribution in [0.2, 0.25) is 0 Å². The number of ether oxygens (including phenoxy) is 1. The molecule has 0 radical (unpaired) electrons. The summed E-state index contributed by atoms with van der Waals surface area (Å²) < 4.78 is 6.25. The van der Waals surface area contributed by atoms with E-state index in [1.165, 1.54) is 38.5 Å². The van der Waals surface area contributed by atoms with Crippen LogP contribution in [0.15, 0.2) is 18.2 Å². The van der Waals surface area contributed by atoms with Gasteiger partial charge in [0.25, 0.3) is 0 Å². The highest BCUT2D eigenvalue weighted by Crippen LogP contribution is 2.49. The second-order valence-electron chi connectivity index (χ2n) is 9.92. The summed E-state index contributed by atoms with van der Waals surface area (Å²) in [4.78, 5) is 12.3. The molecule has 1 aromatic carbocycles. The highest BCUT2D eigenvalue weighted by molar-refractivity contribution is 5.79. The van der Waals surface area contributed by atoms with Crippen LogP contribution in [-0.2, 0) is 11.2 Å². The van der Waals surface area contributed by atoms with Crippen LogP contribution in [-0.4, -0.2) is 39.4 Å². The zero-order valence-electron chi connectivity index (χ0n) is 19.0. The Labute approximate surface area is 186 Å². The Morgan fingerprint density at radius 2 is 1.90 bits per heavy atom. The Kier molecular flexibility index (Phi) is 8.79. The van der Waals surface area contributed by atoms with Crippen LogP contribution >= 0.6 is 0 Å². The fourth-order valence-electron chi connectivity index (χ4n) is 5.56. The van der Waals surface area contributed by atoms with Crippen molar-refractivity contribution < 1.29 is 24.9 Å². The average Bonchev–Trinajstić information content (AvgIpc) is 3.16. The number of aliphatic hydroxyl groups excluding tert-OH is 2. The fourth-order valence-corrected chi connectivity index (χ4v) is 5.56. The smallest absolute Gasteiger partial charge is 0.161 e. The Morgan fingerprint density at radius 3 is 2.65 bits per heavy atom. The number of aliphatic hydroxyl groups is 2. The largest absolute Gasteiger partial charge is 0.504 e. The van der Waals surface area contributed by atoms with Gasteiger partial charge in [0.2, 0.25) is 0 Å². The maximum atomic E-state index is 12.3. The van der Waals surface area contributed by atoms with Gasteiger partial charge in [-0.15, -0.1) is 0 Å². The molecule has 31 heavy (non-hydrogen) atoms. The molecule has 2 fully saturated rings. The quantitative estimate of drug-likeness (QED) is 0.454. The van der Waals surface area contributed by atoms with Gasteiger partial charge in [0.05, 0.1) is 18.3 Å². The molecule has 1 aromatic rings. The lowest BCUT2D eigenvalue weighted by atomic mass is 9.72. The third kappa shape index (κ3) is 7.21. The normalized spacial score (nSPS) is 22.4. The monoisotopic (exact) mass is 432 g/mol. The van der Waals surface area contributed by atoms with Crippen LogP contribution in [0.1, 0.15) is 96.0 Å². The van der Waals surface area contributed by atoms with E-state index in [0.717, 1.165) is 24.8 Å². The molecular weight excluding hydrogens is 392 g/mol. The number of phenols is 1. The second-order valence-corrected chi connectivity index (χ2v) is 9.92. The lowest BCUT2D eigenvalue weighted by molar-refractivity contribution is -0.121. The number of rotatable bonds is 11. The Hall–Kier alpha value is -1.59. The first-order valence-electron chi connectivity index (χ1n) is 12.3. The Bertz CT molecular complexity index is 710. The van der Waals surface area contributed by atoms with Gasteiger partial charge in [-0.25, -0.2) is 0 Å². The van der Waals surface area contributed by atoms with E-state index in [1.54, 1.807) is 6.07 Å². The van der Waals surface area contributed by atoms with Crippen molar-refractivity contribution in [3.8, 4) is 11.5 Å². The van der Waals surface area contributed by atoms with Crippen molar-refractivity contribution in [1.82, 2.24) is 0 Å². The number of benzene rings is 1. The number of hydrogen-bond donors (Lipinski definition) is 3. The SMILES string of the molecule is CCCC(O)CC(O)CC(=O)CCc1ccc(O)c(OC2CCCC3(CCCC3)C2)c1. The molecule has 2 aliphatic rings. The van der Waals surface area contributed by atoms with E-state index in [2.05, 4.69) is 0 Å². The predicted octanol–water partition coefficient (Wildman–Crippen LogP) is 5.08. The summed E-state index contributed by atoms with van der Waals surface area (Å²) in [6.07, 6.45) is 11.4. The molecule has 3 rings (SSSR count). The van der Waals surface area contributed by atoms with Crippen molar-refractivity contribution >= 4 is 5.78 Å². The molecule has 5 heteroatoms. The first-order valence-corrected chi connectivity index (χ1v) is 12.3. The molecule has 0 saturated heterocycles. The highest BCUT2D eigenvalue weighted by atomic mass is 16.5. The molecule has 3 N–H and O–H groups in total.